The fourth-order valence-electron chi connectivity index (χ4n) is 2.36. The Morgan fingerprint density at radius 2 is 1.19 bits per heavy atom. The Kier molecular flexibility index (Phi) is 4.64. The molecule has 0 amide bonds. The molecule has 0 bridgehead atoms. The van der Waals surface area contributed by atoms with Crippen LogP contribution < -0.4 is 0 Å². The second kappa shape index (κ2) is 4.66. The lowest BCUT2D eigenvalue weighted by Gasteiger charge is -2.43. The van der Waals surface area contributed by atoms with E-state index in [4.69, 9.17) is 0 Å². The van der Waals surface area contributed by atoms with E-state index >= 15 is 0 Å². The summed E-state index contributed by atoms with van der Waals surface area (Å²) in [5.41, 5.74) is -0.670. The van der Waals surface area contributed by atoms with Crippen LogP contribution in [0.25, 0.3) is 0 Å². The van der Waals surface area contributed by atoms with Crippen LogP contribution in [0.3, 0.4) is 0 Å². The highest BCUT2D eigenvalue weighted by Crippen LogP contribution is 2.45. The largest absolute Gasteiger partial charge is 0.244 e. The minimum Gasteiger partial charge on any atom is -0.244 e. The molecule has 0 aromatic rings. The second-order valence-electron chi connectivity index (χ2n) is 8.05. The van der Waals surface area contributed by atoms with Crippen molar-refractivity contribution in [3.63, 3.8) is 0 Å². The normalized spacial score (nSPS) is 18.4. The predicted molar refractivity (Wildman–Crippen MR) is 71.4 cm³/mol. The quantitative estimate of drug-likeness (QED) is 0.603. The maximum atomic E-state index is 13.9. The third-order valence-electron chi connectivity index (χ3n) is 3.79. The first kappa shape index (κ1) is 15.9. The van der Waals surface area contributed by atoms with E-state index < -0.39 is 5.67 Å². The van der Waals surface area contributed by atoms with Crippen molar-refractivity contribution in [3.05, 3.63) is 0 Å². The Labute approximate surface area is 102 Å². The molecule has 98 valence electrons. The number of rotatable bonds is 3. The zero-order chi connectivity index (χ0) is 13.4. The summed E-state index contributed by atoms with van der Waals surface area (Å²) in [6.45, 7) is 19.1. The lowest BCUT2D eigenvalue weighted by Crippen LogP contribution is -2.37. The van der Waals surface area contributed by atoms with E-state index in [0.717, 1.165) is 0 Å². The number of hydrogen-bond acceptors (Lipinski definition) is 0. The van der Waals surface area contributed by atoms with Crippen molar-refractivity contribution in [3.8, 4) is 0 Å². The highest BCUT2D eigenvalue weighted by molar-refractivity contribution is 4.88. The van der Waals surface area contributed by atoms with E-state index in [-0.39, 0.29) is 10.8 Å². The average Bonchev–Trinajstić information content (AvgIpc) is 1.93. The van der Waals surface area contributed by atoms with Gasteiger partial charge in [-0.25, -0.2) is 4.39 Å². The van der Waals surface area contributed by atoms with E-state index in [0.29, 0.717) is 18.3 Å². The van der Waals surface area contributed by atoms with Gasteiger partial charge in [-0.1, -0.05) is 48.5 Å². The molecule has 0 aliphatic rings. The molecule has 2 unspecified atom stereocenters. The van der Waals surface area contributed by atoms with Gasteiger partial charge in [0.05, 0.1) is 0 Å². The van der Waals surface area contributed by atoms with Gasteiger partial charge in [-0.05, 0) is 42.9 Å². The standard InChI is InChI=1S/C15H31F/c1-11(13(2,3)4)12(14(5,6)7)10-15(8,9)16/h11-12H,10H2,1-9H3. The maximum Gasteiger partial charge on any atom is 0.105 e. The minimum atomic E-state index is -1.07. The van der Waals surface area contributed by atoms with Crippen molar-refractivity contribution >= 4 is 0 Å². The lowest BCUT2D eigenvalue weighted by molar-refractivity contribution is 0.0320. The maximum absolute atomic E-state index is 13.9. The molecule has 0 N–H and O–H groups in total. The number of halogens is 1. The molecule has 0 aliphatic carbocycles. The van der Waals surface area contributed by atoms with Gasteiger partial charge in [0.1, 0.15) is 5.67 Å². The van der Waals surface area contributed by atoms with Crippen LogP contribution in [-0.2, 0) is 0 Å². The summed E-state index contributed by atoms with van der Waals surface area (Å²) in [5, 5.41) is 0. The van der Waals surface area contributed by atoms with Crippen molar-refractivity contribution < 1.29 is 4.39 Å². The number of alkyl halides is 1. The zero-order valence-corrected chi connectivity index (χ0v) is 12.7. The van der Waals surface area contributed by atoms with E-state index in [1.165, 1.54) is 0 Å². The average molecular weight is 230 g/mol. The van der Waals surface area contributed by atoms with Gasteiger partial charge in [-0.15, -0.1) is 0 Å². The molecule has 0 nitrogen and oxygen atoms in total. The Hall–Kier alpha value is -0.0700. The van der Waals surface area contributed by atoms with Gasteiger partial charge in [0.2, 0.25) is 0 Å². The molecule has 0 saturated heterocycles. The Morgan fingerprint density at radius 3 is 1.38 bits per heavy atom. The summed E-state index contributed by atoms with van der Waals surface area (Å²) in [6, 6.07) is 0. The molecule has 1 heteroatoms. The van der Waals surface area contributed by atoms with Gasteiger partial charge < -0.3 is 0 Å². The fraction of sp³-hybridized carbons (Fsp3) is 1.00. The summed E-state index contributed by atoms with van der Waals surface area (Å²) in [7, 11) is 0. The molecule has 0 aromatic heterocycles. The molecule has 0 radical (unpaired) electrons. The van der Waals surface area contributed by atoms with Crippen molar-refractivity contribution in [2.24, 2.45) is 22.7 Å². The highest BCUT2D eigenvalue weighted by atomic mass is 19.1. The van der Waals surface area contributed by atoms with Crippen LogP contribution in [0.15, 0.2) is 0 Å². The molecule has 0 spiro atoms. The third-order valence-corrected chi connectivity index (χ3v) is 3.79. The Balaban J connectivity index is 4.98. The molecule has 0 aromatic carbocycles. The van der Waals surface area contributed by atoms with Crippen LogP contribution in [0, 0.1) is 22.7 Å². The van der Waals surface area contributed by atoms with Crippen LogP contribution in [0.4, 0.5) is 4.39 Å². The first-order valence-corrected chi connectivity index (χ1v) is 6.44. The van der Waals surface area contributed by atoms with E-state index in [1.54, 1.807) is 13.8 Å². The summed E-state index contributed by atoms with van der Waals surface area (Å²) >= 11 is 0. The van der Waals surface area contributed by atoms with Crippen molar-refractivity contribution in [2.45, 2.75) is 74.4 Å². The van der Waals surface area contributed by atoms with Gasteiger partial charge in [0, 0.05) is 0 Å². The first-order valence-electron chi connectivity index (χ1n) is 6.44. The van der Waals surface area contributed by atoms with Crippen LogP contribution >= 0.6 is 0 Å². The molecule has 2 atom stereocenters. The predicted octanol–water partition coefficient (Wildman–Crippen LogP) is 5.47. The number of hydrogen-bond donors (Lipinski definition) is 0. The van der Waals surface area contributed by atoms with Crippen LogP contribution in [0.2, 0.25) is 0 Å². The van der Waals surface area contributed by atoms with E-state index in [1.807, 2.05) is 0 Å². The molecule has 0 fully saturated rings. The second-order valence-corrected chi connectivity index (χ2v) is 8.05. The van der Waals surface area contributed by atoms with Gasteiger partial charge in [-0.3, -0.25) is 0 Å². The van der Waals surface area contributed by atoms with Gasteiger partial charge in [0.15, 0.2) is 0 Å². The smallest absolute Gasteiger partial charge is 0.105 e. The van der Waals surface area contributed by atoms with E-state index in [9.17, 15) is 4.39 Å². The van der Waals surface area contributed by atoms with E-state index in [2.05, 4.69) is 48.5 Å². The van der Waals surface area contributed by atoms with Crippen molar-refractivity contribution in [2.75, 3.05) is 0 Å². The topological polar surface area (TPSA) is 0 Å². The Morgan fingerprint density at radius 1 is 0.812 bits per heavy atom. The monoisotopic (exact) mass is 230 g/mol. The molecular formula is C15H31F. The fourth-order valence-corrected chi connectivity index (χ4v) is 2.36. The zero-order valence-electron chi connectivity index (χ0n) is 12.7. The Bertz CT molecular complexity index is 209. The van der Waals surface area contributed by atoms with Crippen molar-refractivity contribution in [1.82, 2.24) is 0 Å². The summed E-state index contributed by atoms with van der Waals surface area (Å²) in [5.74, 6) is 0.926. The molecule has 0 aliphatic heterocycles. The molecule has 0 rings (SSSR count). The van der Waals surface area contributed by atoms with Crippen molar-refractivity contribution in [1.29, 1.82) is 0 Å². The SMILES string of the molecule is CC(C(CC(C)(C)F)C(C)(C)C)C(C)(C)C. The molecule has 16 heavy (non-hydrogen) atoms. The molecule has 0 heterocycles. The van der Waals surface area contributed by atoms with Crippen LogP contribution in [-0.4, -0.2) is 5.67 Å². The lowest BCUT2D eigenvalue weighted by atomic mass is 9.62. The van der Waals surface area contributed by atoms with Crippen LogP contribution in [0.5, 0.6) is 0 Å². The highest BCUT2D eigenvalue weighted by Gasteiger charge is 2.39. The summed E-state index contributed by atoms with van der Waals surface area (Å²) in [4.78, 5) is 0. The summed E-state index contributed by atoms with van der Waals surface area (Å²) < 4.78 is 13.9. The minimum absolute atomic E-state index is 0.163. The third kappa shape index (κ3) is 5.32. The van der Waals surface area contributed by atoms with Gasteiger partial charge in [0.25, 0.3) is 0 Å². The van der Waals surface area contributed by atoms with Gasteiger partial charge in [-0.2, -0.15) is 0 Å². The van der Waals surface area contributed by atoms with Crippen LogP contribution in [0.1, 0.15) is 68.7 Å². The summed E-state index contributed by atoms with van der Waals surface area (Å²) in [6.07, 6.45) is 0.648. The molecular weight excluding hydrogens is 199 g/mol. The van der Waals surface area contributed by atoms with Gasteiger partial charge >= 0.3 is 0 Å². The molecule has 0 saturated carbocycles. The first-order chi connectivity index (χ1) is 6.75.